The van der Waals surface area contributed by atoms with Gasteiger partial charge in [-0.3, -0.25) is 19.3 Å². The molecule has 2 aromatic carbocycles. The fourth-order valence-corrected chi connectivity index (χ4v) is 3.54. The first-order chi connectivity index (χ1) is 15.8. The second-order valence-electron chi connectivity index (χ2n) is 7.89. The van der Waals surface area contributed by atoms with Crippen molar-refractivity contribution in [1.82, 2.24) is 4.90 Å². The van der Waals surface area contributed by atoms with Crippen LogP contribution in [0.25, 0.3) is 5.57 Å². The number of imide groups is 1. The third-order valence-corrected chi connectivity index (χ3v) is 5.19. The molecule has 2 aromatic rings. The summed E-state index contributed by atoms with van der Waals surface area (Å²) >= 11 is 0. The molecule has 0 spiro atoms. The Kier molecular flexibility index (Phi) is 7.84. The summed E-state index contributed by atoms with van der Waals surface area (Å²) in [5.41, 5.74) is 3.49. The van der Waals surface area contributed by atoms with Gasteiger partial charge in [-0.1, -0.05) is 12.1 Å². The summed E-state index contributed by atoms with van der Waals surface area (Å²) in [5.74, 6) is -0.900. The largest absolute Gasteiger partial charge is 0.382 e. The van der Waals surface area contributed by atoms with Gasteiger partial charge in [0.2, 0.25) is 5.91 Å². The van der Waals surface area contributed by atoms with Gasteiger partial charge in [-0.05, 0) is 55.3 Å². The van der Waals surface area contributed by atoms with Crippen LogP contribution in [0.1, 0.15) is 25.8 Å². The Morgan fingerprint density at radius 1 is 0.970 bits per heavy atom. The van der Waals surface area contributed by atoms with E-state index in [4.69, 9.17) is 4.74 Å². The van der Waals surface area contributed by atoms with Gasteiger partial charge in [0.1, 0.15) is 5.70 Å². The van der Waals surface area contributed by atoms with Crippen molar-refractivity contribution in [1.29, 1.82) is 0 Å². The lowest BCUT2D eigenvalue weighted by atomic mass is 10.0. The third-order valence-electron chi connectivity index (χ3n) is 5.19. The lowest BCUT2D eigenvalue weighted by Crippen LogP contribution is -2.34. The lowest BCUT2D eigenvalue weighted by Gasteiger charge is -2.16. The van der Waals surface area contributed by atoms with Crippen molar-refractivity contribution in [3.05, 3.63) is 59.8 Å². The van der Waals surface area contributed by atoms with Crippen molar-refractivity contribution in [3.63, 3.8) is 0 Å². The summed E-state index contributed by atoms with van der Waals surface area (Å²) in [6, 6.07) is 14.5. The van der Waals surface area contributed by atoms with E-state index in [9.17, 15) is 14.4 Å². The number of hydrogen-bond donors (Lipinski definition) is 2. The number of hydrogen-bond acceptors (Lipinski definition) is 6. The Morgan fingerprint density at radius 3 is 2.18 bits per heavy atom. The van der Waals surface area contributed by atoms with Crippen LogP contribution in [-0.2, 0) is 19.1 Å². The maximum Gasteiger partial charge on any atom is 0.278 e. The van der Waals surface area contributed by atoms with Gasteiger partial charge < -0.3 is 20.3 Å². The van der Waals surface area contributed by atoms with Crippen LogP contribution in [-0.4, -0.2) is 56.5 Å². The first kappa shape index (κ1) is 24.0. The van der Waals surface area contributed by atoms with Gasteiger partial charge in [0.05, 0.1) is 5.57 Å². The van der Waals surface area contributed by atoms with E-state index in [0.29, 0.717) is 42.1 Å². The normalized spacial score (nSPS) is 13.5. The number of carbonyl (C=O) groups excluding carboxylic acids is 3. The van der Waals surface area contributed by atoms with Crippen molar-refractivity contribution >= 4 is 40.4 Å². The minimum absolute atomic E-state index is 0.182. The highest BCUT2D eigenvalue weighted by Crippen LogP contribution is 2.31. The van der Waals surface area contributed by atoms with Crippen LogP contribution in [0.4, 0.5) is 17.1 Å². The fourth-order valence-electron chi connectivity index (χ4n) is 3.54. The number of nitrogens with zero attached hydrogens (tertiary/aromatic N) is 2. The summed E-state index contributed by atoms with van der Waals surface area (Å²) in [6.07, 6.45) is 0.560. The Hall–Kier alpha value is -3.65. The van der Waals surface area contributed by atoms with Crippen molar-refractivity contribution in [3.8, 4) is 0 Å². The molecule has 0 saturated carbocycles. The van der Waals surface area contributed by atoms with E-state index < -0.39 is 0 Å². The molecule has 174 valence electrons. The highest BCUT2D eigenvalue weighted by atomic mass is 16.5. The van der Waals surface area contributed by atoms with Crippen molar-refractivity contribution in [2.45, 2.75) is 20.3 Å². The summed E-state index contributed by atoms with van der Waals surface area (Å²) in [4.78, 5) is 41.1. The van der Waals surface area contributed by atoms with E-state index in [1.807, 2.05) is 50.2 Å². The van der Waals surface area contributed by atoms with E-state index >= 15 is 0 Å². The van der Waals surface area contributed by atoms with Crippen molar-refractivity contribution in [2.24, 2.45) is 0 Å². The maximum atomic E-state index is 13.3. The van der Waals surface area contributed by atoms with Gasteiger partial charge in [0, 0.05) is 57.8 Å². The van der Waals surface area contributed by atoms with Gasteiger partial charge in [0.25, 0.3) is 11.8 Å². The summed E-state index contributed by atoms with van der Waals surface area (Å²) < 4.78 is 5.36. The van der Waals surface area contributed by atoms with Crippen LogP contribution in [0.2, 0.25) is 0 Å². The maximum absolute atomic E-state index is 13.3. The fraction of sp³-hybridized carbons (Fsp3) is 0.320. The Balaban J connectivity index is 1.92. The molecule has 0 aliphatic carbocycles. The van der Waals surface area contributed by atoms with Crippen LogP contribution in [0.3, 0.4) is 0 Å². The zero-order valence-corrected chi connectivity index (χ0v) is 19.5. The number of carbonyl (C=O) groups is 3. The number of rotatable bonds is 10. The Morgan fingerprint density at radius 2 is 1.61 bits per heavy atom. The molecule has 0 radical (unpaired) electrons. The molecule has 1 aliphatic rings. The molecule has 0 fully saturated rings. The van der Waals surface area contributed by atoms with E-state index in [1.165, 1.54) is 11.8 Å². The highest BCUT2D eigenvalue weighted by molar-refractivity contribution is 6.36. The van der Waals surface area contributed by atoms with E-state index in [-0.39, 0.29) is 30.0 Å². The smallest absolute Gasteiger partial charge is 0.278 e. The average molecular weight is 451 g/mol. The Bertz CT molecular complexity index is 1040. The topological polar surface area (TPSA) is 91.0 Å². The first-order valence-corrected chi connectivity index (χ1v) is 10.9. The number of ether oxygens (including phenoxy) is 1. The first-order valence-electron chi connectivity index (χ1n) is 10.9. The van der Waals surface area contributed by atoms with Gasteiger partial charge in [-0.15, -0.1) is 0 Å². The molecule has 33 heavy (non-hydrogen) atoms. The van der Waals surface area contributed by atoms with Gasteiger partial charge in [-0.2, -0.15) is 0 Å². The monoisotopic (exact) mass is 450 g/mol. The second-order valence-corrected chi connectivity index (χ2v) is 7.89. The minimum Gasteiger partial charge on any atom is -0.382 e. The van der Waals surface area contributed by atoms with E-state index in [1.54, 1.807) is 24.3 Å². The predicted molar refractivity (Wildman–Crippen MR) is 130 cm³/mol. The molecule has 8 heteroatoms. The van der Waals surface area contributed by atoms with Crippen molar-refractivity contribution < 1.29 is 19.1 Å². The summed E-state index contributed by atoms with van der Waals surface area (Å²) in [5, 5.41) is 5.87. The van der Waals surface area contributed by atoms with Crippen LogP contribution in [0, 0.1) is 0 Å². The predicted octanol–water partition coefficient (Wildman–Crippen LogP) is 3.33. The molecule has 0 aromatic heterocycles. The molecule has 0 atom stereocenters. The molecule has 3 rings (SSSR count). The average Bonchev–Trinajstić information content (AvgIpc) is 3.01. The third kappa shape index (κ3) is 5.78. The molecular formula is C25H30N4O4. The van der Waals surface area contributed by atoms with Crippen LogP contribution in [0.15, 0.2) is 54.2 Å². The zero-order valence-electron chi connectivity index (χ0n) is 19.5. The molecular weight excluding hydrogens is 420 g/mol. The van der Waals surface area contributed by atoms with E-state index in [0.717, 1.165) is 5.69 Å². The van der Waals surface area contributed by atoms with Crippen molar-refractivity contribution in [2.75, 3.05) is 49.4 Å². The van der Waals surface area contributed by atoms with Gasteiger partial charge in [0.15, 0.2) is 0 Å². The minimum atomic E-state index is -0.367. The van der Waals surface area contributed by atoms with Gasteiger partial charge >= 0.3 is 0 Å². The number of amides is 3. The number of benzene rings is 2. The van der Waals surface area contributed by atoms with E-state index in [2.05, 4.69) is 10.6 Å². The number of nitrogens with one attached hydrogen (secondary N) is 2. The molecule has 1 aliphatic heterocycles. The number of anilines is 3. The molecule has 0 saturated heterocycles. The second kappa shape index (κ2) is 10.8. The SMILES string of the molecule is CCOCCCN1C(=O)C(Nc2ccc(N(C)C)cc2)=C(c2ccc(NC(C)=O)cc2)C1=O. The zero-order chi connectivity index (χ0) is 24.0. The molecule has 8 nitrogen and oxygen atoms in total. The van der Waals surface area contributed by atoms with Crippen LogP contribution >= 0.6 is 0 Å². The van der Waals surface area contributed by atoms with Gasteiger partial charge in [-0.25, -0.2) is 0 Å². The summed E-state index contributed by atoms with van der Waals surface area (Å²) in [6.45, 7) is 4.67. The molecule has 0 unspecified atom stereocenters. The molecule has 3 amide bonds. The highest BCUT2D eigenvalue weighted by Gasteiger charge is 2.38. The summed E-state index contributed by atoms with van der Waals surface area (Å²) in [7, 11) is 3.90. The Labute approximate surface area is 194 Å². The standard InChI is InChI=1S/C25H30N4O4/c1-5-33-16-6-15-29-24(31)22(18-7-9-19(10-8-18)26-17(2)30)23(25(29)32)27-20-11-13-21(14-12-20)28(3)4/h7-14,27H,5-6,15-16H2,1-4H3,(H,26,30). The molecule has 1 heterocycles. The quantitative estimate of drug-likeness (QED) is 0.426. The van der Waals surface area contributed by atoms with Crippen LogP contribution in [0.5, 0.6) is 0 Å². The lowest BCUT2D eigenvalue weighted by molar-refractivity contribution is -0.137. The molecule has 0 bridgehead atoms. The van der Waals surface area contributed by atoms with Crippen LogP contribution < -0.4 is 15.5 Å². The molecule has 2 N–H and O–H groups in total.